The predicted octanol–water partition coefficient (Wildman–Crippen LogP) is 2.46. The number of rotatable bonds is 4. The molecular weight excluding hydrogens is 414 g/mol. The van der Waals surface area contributed by atoms with Gasteiger partial charge in [-0.25, -0.2) is 8.42 Å². The predicted molar refractivity (Wildman–Crippen MR) is 114 cm³/mol. The lowest BCUT2D eigenvalue weighted by atomic mass is 9.91. The van der Waals surface area contributed by atoms with Crippen LogP contribution in [0.15, 0.2) is 18.2 Å². The SMILES string of the molecule is Cc1ccc(Cl)cc1N1C(=O)CN(S(C)(=O)=O)C[C@@]1(C)C(=O)NC1CCCCC1. The quantitative estimate of drug-likeness (QED) is 0.777. The van der Waals surface area contributed by atoms with Crippen LogP contribution in [0.4, 0.5) is 5.69 Å². The summed E-state index contributed by atoms with van der Waals surface area (Å²) in [6.07, 6.45) is 6.09. The Balaban J connectivity index is 2.02. The Morgan fingerprint density at radius 3 is 2.52 bits per heavy atom. The van der Waals surface area contributed by atoms with Crippen molar-refractivity contribution in [1.29, 1.82) is 0 Å². The fourth-order valence-electron chi connectivity index (χ4n) is 4.19. The molecule has 7 nitrogen and oxygen atoms in total. The number of nitrogens with one attached hydrogen (secondary N) is 1. The van der Waals surface area contributed by atoms with Gasteiger partial charge in [-0.2, -0.15) is 4.31 Å². The van der Waals surface area contributed by atoms with Gasteiger partial charge in [0.2, 0.25) is 21.8 Å². The highest BCUT2D eigenvalue weighted by Gasteiger charge is 2.51. The largest absolute Gasteiger partial charge is 0.351 e. The Labute approximate surface area is 177 Å². The van der Waals surface area contributed by atoms with Crippen LogP contribution >= 0.6 is 11.6 Å². The Kier molecular flexibility index (Phi) is 6.27. The van der Waals surface area contributed by atoms with Crippen molar-refractivity contribution in [3.05, 3.63) is 28.8 Å². The lowest BCUT2D eigenvalue weighted by Gasteiger charge is -2.47. The molecule has 29 heavy (non-hydrogen) atoms. The number of hydrogen-bond donors (Lipinski definition) is 1. The third kappa shape index (κ3) is 4.59. The van der Waals surface area contributed by atoms with Crippen molar-refractivity contribution in [1.82, 2.24) is 9.62 Å². The first-order valence-electron chi connectivity index (χ1n) is 9.87. The van der Waals surface area contributed by atoms with Crippen LogP contribution in [0.2, 0.25) is 5.02 Å². The van der Waals surface area contributed by atoms with Crippen LogP contribution in [-0.4, -0.2) is 55.5 Å². The number of carbonyl (C=O) groups is 2. The maximum Gasteiger partial charge on any atom is 0.247 e. The first-order chi connectivity index (χ1) is 13.5. The molecule has 0 unspecified atom stereocenters. The van der Waals surface area contributed by atoms with Gasteiger partial charge >= 0.3 is 0 Å². The average molecular weight is 442 g/mol. The van der Waals surface area contributed by atoms with E-state index in [-0.39, 0.29) is 25.0 Å². The molecule has 0 radical (unpaired) electrons. The summed E-state index contributed by atoms with van der Waals surface area (Å²) in [5.41, 5.74) is -0.0742. The standard InChI is InChI=1S/C20H28ClN3O4S/c1-14-9-10-15(21)11-17(14)24-18(25)12-23(29(3,27)28)13-20(24,2)19(26)22-16-7-5-4-6-8-16/h9-11,16H,4-8,12-13H2,1-3H3,(H,22,26)/t20-/m0/s1. The fourth-order valence-corrected chi connectivity index (χ4v) is 5.18. The molecule has 1 N–H and O–H groups in total. The van der Waals surface area contributed by atoms with E-state index in [1.807, 2.05) is 6.92 Å². The van der Waals surface area contributed by atoms with Crippen LogP contribution in [0.25, 0.3) is 0 Å². The van der Waals surface area contributed by atoms with Gasteiger partial charge in [0, 0.05) is 23.3 Å². The summed E-state index contributed by atoms with van der Waals surface area (Å²) in [7, 11) is -3.64. The maximum atomic E-state index is 13.4. The van der Waals surface area contributed by atoms with E-state index in [9.17, 15) is 18.0 Å². The molecule has 0 spiro atoms. The summed E-state index contributed by atoms with van der Waals surface area (Å²) < 4.78 is 25.5. The van der Waals surface area contributed by atoms with Gasteiger partial charge in [0.05, 0.1) is 12.8 Å². The normalized spacial score (nSPS) is 24.6. The molecule has 2 fully saturated rings. The van der Waals surface area contributed by atoms with Crippen molar-refractivity contribution in [3.63, 3.8) is 0 Å². The molecule has 0 bridgehead atoms. The van der Waals surface area contributed by atoms with Crippen molar-refractivity contribution in [2.75, 3.05) is 24.2 Å². The van der Waals surface area contributed by atoms with Crippen LogP contribution in [0.5, 0.6) is 0 Å². The number of anilines is 1. The number of benzene rings is 1. The smallest absolute Gasteiger partial charge is 0.247 e. The second kappa shape index (κ2) is 8.24. The zero-order valence-electron chi connectivity index (χ0n) is 17.1. The lowest BCUT2D eigenvalue weighted by Crippen LogP contribution is -2.70. The lowest BCUT2D eigenvalue weighted by molar-refractivity contribution is -0.133. The molecule has 1 aromatic rings. The Bertz CT molecular complexity index is 914. The highest BCUT2D eigenvalue weighted by molar-refractivity contribution is 7.88. The summed E-state index contributed by atoms with van der Waals surface area (Å²) >= 11 is 6.17. The average Bonchev–Trinajstić information content (AvgIpc) is 2.64. The van der Waals surface area contributed by atoms with Gasteiger partial charge in [-0.1, -0.05) is 36.9 Å². The molecule has 1 heterocycles. The Hall–Kier alpha value is -1.64. The minimum atomic E-state index is -3.64. The minimum Gasteiger partial charge on any atom is -0.351 e. The Morgan fingerprint density at radius 1 is 1.24 bits per heavy atom. The third-order valence-corrected chi connectivity index (χ3v) is 7.28. The molecule has 2 aliphatic rings. The Morgan fingerprint density at radius 2 is 1.90 bits per heavy atom. The number of aryl methyl sites for hydroxylation is 1. The van der Waals surface area contributed by atoms with Crippen LogP contribution in [0, 0.1) is 6.92 Å². The van der Waals surface area contributed by atoms with Crippen molar-refractivity contribution < 1.29 is 18.0 Å². The van der Waals surface area contributed by atoms with Gasteiger partial charge < -0.3 is 5.32 Å². The van der Waals surface area contributed by atoms with E-state index >= 15 is 0 Å². The zero-order chi connectivity index (χ0) is 21.4. The summed E-state index contributed by atoms with van der Waals surface area (Å²) in [5.74, 6) is -0.793. The van der Waals surface area contributed by atoms with Gasteiger partial charge in [0.25, 0.3) is 0 Å². The van der Waals surface area contributed by atoms with E-state index in [1.54, 1.807) is 25.1 Å². The second-order valence-electron chi connectivity index (χ2n) is 8.27. The van der Waals surface area contributed by atoms with Crippen LogP contribution in [0.3, 0.4) is 0 Å². The van der Waals surface area contributed by atoms with Crippen LogP contribution in [-0.2, 0) is 19.6 Å². The zero-order valence-corrected chi connectivity index (χ0v) is 18.6. The molecule has 1 atom stereocenters. The number of nitrogens with zero attached hydrogens (tertiary/aromatic N) is 2. The van der Waals surface area contributed by atoms with Crippen molar-refractivity contribution in [3.8, 4) is 0 Å². The van der Waals surface area contributed by atoms with Gasteiger partial charge in [-0.15, -0.1) is 0 Å². The maximum absolute atomic E-state index is 13.4. The van der Waals surface area contributed by atoms with Crippen molar-refractivity contribution >= 4 is 39.1 Å². The number of amides is 2. The molecule has 1 aromatic carbocycles. The molecule has 1 saturated carbocycles. The molecular formula is C20H28ClN3O4S. The molecule has 2 amide bonds. The topological polar surface area (TPSA) is 86.8 Å². The highest BCUT2D eigenvalue weighted by atomic mass is 35.5. The van der Waals surface area contributed by atoms with E-state index < -0.39 is 21.5 Å². The van der Waals surface area contributed by atoms with E-state index in [1.165, 1.54) is 4.90 Å². The van der Waals surface area contributed by atoms with Crippen molar-refractivity contribution in [2.24, 2.45) is 0 Å². The molecule has 1 aliphatic heterocycles. The number of hydrogen-bond acceptors (Lipinski definition) is 4. The van der Waals surface area contributed by atoms with E-state index in [0.29, 0.717) is 10.7 Å². The summed E-state index contributed by atoms with van der Waals surface area (Å²) in [6, 6.07) is 5.20. The van der Waals surface area contributed by atoms with E-state index in [0.717, 1.165) is 48.2 Å². The number of halogens is 1. The molecule has 160 valence electrons. The third-order valence-electron chi connectivity index (χ3n) is 5.85. The van der Waals surface area contributed by atoms with Gasteiger partial charge in [-0.05, 0) is 44.4 Å². The van der Waals surface area contributed by atoms with Gasteiger partial charge in [-0.3, -0.25) is 14.5 Å². The molecule has 3 rings (SSSR count). The molecule has 9 heteroatoms. The summed E-state index contributed by atoms with van der Waals surface area (Å²) in [6.45, 7) is 3.04. The fraction of sp³-hybridized carbons (Fsp3) is 0.600. The first kappa shape index (κ1) is 22.1. The monoisotopic (exact) mass is 441 g/mol. The van der Waals surface area contributed by atoms with Gasteiger partial charge in [0.15, 0.2) is 0 Å². The molecule has 1 aliphatic carbocycles. The summed E-state index contributed by atoms with van der Waals surface area (Å²) in [5, 5.41) is 3.51. The first-order valence-corrected chi connectivity index (χ1v) is 12.1. The van der Waals surface area contributed by atoms with Crippen molar-refractivity contribution in [2.45, 2.75) is 57.5 Å². The van der Waals surface area contributed by atoms with Crippen LogP contribution < -0.4 is 10.2 Å². The summed E-state index contributed by atoms with van der Waals surface area (Å²) in [4.78, 5) is 28.0. The number of piperazine rings is 1. The second-order valence-corrected chi connectivity index (χ2v) is 10.7. The molecule has 0 aromatic heterocycles. The van der Waals surface area contributed by atoms with Crippen LogP contribution in [0.1, 0.15) is 44.6 Å². The highest BCUT2D eigenvalue weighted by Crippen LogP contribution is 2.34. The molecule has 1 saturated heterocycles. The minimum absolute atomic E-state index is 0.0408. The van der Waals surface area contributed by atoms with E-state index in [4.69, 9.17) is 11.6 Å². The van der Waals surface area contributed by atoms with Gasteiger partial charge in [0.1, 0.15) is 5.54 Å². The van der Waals surface area contributed by atoms with E-state index in [2.05, 4.69) is 5.32 Å². The number of carbonyl (C=O) groups excluding carboxylic acids is 2. The number of sulfonamides is 1.